The van der Waals surface area contributed by atoms with E-state index in [0.29, 0.717) is 25.0 Å². The van der Waals surface area contributed by atoms with E-state index in [1.165, 1.54) is 0 Å². The van der Waals surface area contributed by atoms with Crippen LogP contribution in [0.5, 0.6) is 5.75 Å². The Morgan fingerprint density at radius 1 is 1.26 bits per heavy atom. The average molecular weight is 454 g/mol. The molecule has 0 radical (unpaired) electrons. The van der Waals surface area contributed by atoms with Gasteiger partial charge in [-0.25, -0.2) is 4.98 Å². The second-order valence-electron chi connectivity index (χ2n) is 8.08. The van der Waals surface area contributed by atoms with Crippen molar-refractivity contribution in [3.63, 3.8) is 0 Å². The number of hydrogen-bond donors (Lipinski definition) is 1. The number of benzene rings is 1. The van der Waals surface area contributed by atoms with Gasteiger partial charge in [0.1, 0.15) is 5.75 Å². The van der Waals surface area contributed by atoms with Gasteiger partial charge >= 0.3 is 29.6 Å². The molecule has 1 unspecified atom stereocenters. The molecule has 162 valence electrons. The summed E-state index contributed by atoms with van der Waals surface area (Å²) in [5.41, 5.74) is 4.41. The van der Waals surface area contributed by atoms with Crippen molar-refractivity contribution in [1.82, 2.24) is 15.0 Å². The minimum absolute atomic E-state index is 0. The number of nitrogens with one attached hydrogen (secondary N) is 1. The molecule has 1 fully saturated rings. The number of aromatic amines is 1. The fourth-order valence-corrected chi connectivity index (χ4v) is 4.44. The van der Waals surface area contributed by atoms with Gasteiger partial charge in [-0.3, -0.25) is 9.19 Å². The number of hydrogen-bond acceptors (Lipinski definition) is 6. The third kappa shape index (κ3) is 5.74. The molecule has 4 rings (SSSR count). The van der Waals surface area contributed by atoms with Gasteiger partial charge in [0.25, 0.3) is 0 Å². The third-order valence-corrected chi connectivity index (χ3v) is 6.40. The van der Waals surface area contributed by atoms with Crippen LogP contribution in [0.4, 0.5) is 0 Å². The first-order valence-corrected chi connectivity index (χ1v) is 11.3. The molecule has 0 amide bonds. The number of ether oxygens (including phenoxy) is 3. The van der Waals surface area contributed by atoms with Gasteiger partial charge in [-0.1, -0.05) is 12.1 Å². The second kappa shape index (κ2) is 10.1. The molecule has 7 nitrogen and oxygen atoms in total. The molecule has 31 heavy (non-hydrogen) atoms. The molecule has 1 aliphatic rings. The van der Waals surface area contributed by atoms with E-state index in [4.69, 9.17) is 14.2 Å². The number of para-hydroxylation sites is 1. The van der Waals surface area contributed by atoms with E-state index in [9.17, 15) is 4.21 Å². The second-order valence-corrected chi connectivity index (χ2v) is 9.45. The zero-order chi connectivity index (χ0) is 21.3. The molecule has 3 aromatic rings. The number of H-pyrrole nitrogens is 1. The van der Waals surface area contributed by atoms with Crippen LogP contribution in [0, 0.1) is 19.8 Å². The van der Waals surface area contributed by atoms with Gasteiger partial charge in [0.15, 0.2) is 10.9 Å². The number of fused-ring (bicyclic) bond motifs is 1. The smallest absolute Gasteiger partial charge is 1.00 e. The number of imidazole rings is 1. The van der Waals surface area contributed by atoms with E-state index in [1.54, 1.807) is 6.20 Å². The summed E-state index contributed by atoms with van der Waals surface area (Å²) in [5, 5.41) is 0.464. The Bertz CT molecular complexity index is 1080. The van der Waals surface area contributed by atoms with E-state index in [-0.39, 0.29) is 42.7 Å². The Kier molecular flexibility index (Phi) is 7.94. The fourth-order valence-electron chi connectivity index (χ4n) is 3.34. The van der Waals surface area contributed by atoms with Gasteiger partial charge in [-0.2, -0.15) is 0 Å². The van der Waals surface area contributed by atoms with Crippen molar-refractivity contribution in [1.29, 1.82) is 0 Å². The summed E-state index contributed by atoms with van der Waals surface area (Å²) < 4.78 is 30.3. The predicted molar refractivity (Wildman–Crippen MR) is 116 cm³/mol. The summed E-state index contributed by atoms with van der Waals surface area (Å²) >= 11 is 0. The first kappa shape index (κ1) is 24.4. The van der Waals surface area contributed by atoms with Gasteiger partial charge in [-0.15, -0.1) is 0 Å². The van der Waals surface area contributed by atoms with E-state index in [0.717, 1.165) is 33.6 Å². The van der Waals surface area contributed by atoms with E-state index >= 15 is 0 Å². The molecule has 1 atom stereocenters. The number of nitrogens with zero attached hydrogens (tertiary/aromatic N) is 2. The number of aryl methyl sites for hydroxylation is 1. The first-order valence-electron chi connectivity index (χ1n) is 10.0. The normalized spacial score (nSPS) is 17.3. The van der Waals surface area contributed by atoms with Crippen LogP contribution >= 0.6 is 0 Å². The summed E-state index contributed by atoms with van der Waals surface area (Å²) in [6, 6.07) is 7.72. The molecule has 0 spiro atoms. The summed E-state index contributed by atoms with van der Waals surface area (Å²) in [6.45, 7) is 9.44. The molecule has 3 heterocycles. The van der Waals surface area contributed by atoms with Gasteiger partial charge < -0.3 is 20.6 Å². The average Bonchev–Trinajstić information content (AvgIpc) is 3.15. The molecule has 1 N–H and O–H groups in total. The van der Waals surface area contributed by atoms with Crippen LogP contribution in [0.15, 0.2) is 35.6 Å². The molecular weight excluding hydrogens is 425 g/mol. The molecule has 0 saturated carbocycles. The van der Waals surface area contributed by atoms with Crippen molar-refractivity contribution in [3.8, 4) is 5.75 Å². The molecule has 0 bridgehead atoms. The maximum atomic E-state index is 12.9. The Labute approximate surface area is 208 Å². The Hall–Kier alpha value is -1.29. The Morgan fingerprint density at radius 3 is 2.71 bits per heavy atom. The van der Waals surface area contributed by atoms with Crippen molar-refractivity contribution in [3.05, 3.63) is 47.3 Å². The van der Waals surface area contributed by atoms with Gasteiger partial charge in [0, 0.05) is 17.7 Å². The zero-order valence-corrected chi connectivity index (χ0v) is 21.5. The van der Waals surface area contributed by atoms with Crippen LogP contribution in [0.3, 0.4) is 0 Å². The Balaban J connectivity index is 0.00000181. The summed E-state index contributed by atoms with van der Waals surface area (Å²) in [5.74, 6) is 0.644. The number of rotatable bonds is 6. The molecule has 1 aliphatic heterocycles. The number of pyridine rings is 1. The van der Waals surface area contributed by atoms with Crippen molar-refractivity contribution >= 4 is 21.8 Å². The van der Waals surface area contributed by atoms with Crippen LogP contribution in [0.1, 0.15) is 32.1 Å². The molecule has 1 aromatic carbocycles. The van der Waals surface area contributed by atoms with Crippen LogP contribution in [0.25, 0.3) is 11.0 Å². The Morgan fingerprint density at radius 2 is 2.00 bits per heavy atom. The van der Waals surface area contributed by atoms with Crippen LogP contribution in [0.2, 0.25) is 0 Å². The van der Waals surface area contributed by atoms with Crippen LogP contribution in [-0.2, 0) is 26.0 Å². The topological polar surface area (TPSA) is 86.3 Å². The monoisotopic (exact) mass is 453 g/mol. The third-order valence-electron chi connectivity index (χ3n) is 5.24. The van der Waals surface area contributed by atoms with E-state index in [1.807, 2.05) is 52.0 Å². The molecule has 1 saturated heterocycles. The number of aromatic nitrogens is 3. The molecule has 2 aromatic heterocycles. The maximum Gasteiger partial charge on any atom is 1.00 e. The van der Waals surface area contributed by atoms with Gasteiger partial charge in [0.05, 0.1) is 53.1 Å². The standard InChI is InChI=1S/C22H27N3O4S.Na.H/c1-14-6-5-7-17-20(14)25-21(24-17)30(26)13-18-15(2)19(8-9-23-18)27-10-16-11-28-22(3,4)29-12-16;;/h5-9,16H,10-13H2,1-4H3,(H,24,25);;/q;+1;-1. The first-order chi connectivity index (χ1) is 14.3. The van der Waals surface area contributed by atoms with E-state index < -0.39 is 16.6 Å². The van der Waals surface area contributed by atoms with Gasteiger partial charge in [0.2, 0.25) is 0 Å². The van der Waals surface area contributed by atoms with Crippen molar-refractivity contribution < 1.29 is 49.4 Å². The predicted octanol–water partition coefficient (Wildman–Crippen LogP) is 0.777. The molecule has 0 aliphatic carbocycles. The summed E-state index contributed by atoms with van der Waals surface area (Å²) in [4.78, 5) is 12.1. The molecular formula is C22H28N3NaO4S. The van der Waals surface area contributed by atoms with E-state index in [2.05, 4.69) is 15.0 Å². The summed E-state index contributed by atoms with van der Waals surface area (Å²) in [7, 11) is -1.34. The van der Waals surface area contributed by atoms with Crippen molar-refractivity contribution in [2.75, 3.05) is 19.8 Å². The van der Waals surface area contributed by atoms with Gasteiger partial charge in [-0.05, 0) is 45.4 Å². The molecule has 9 heteroatoms. The largest absolute Gasteiger partial charge is 1.00 e. The zero-order valence-electron chi connectivity index (χ0n) is 19.7. The minimum atomic E-state index is -1.34. The maximum absolute atomic E-state index is 12.9. The van der Waals surface area contributed by atoms with Crippen LogP contribution < -0.4 is 34.3 Å². The minimum Gasteiger partial charge on any atom is -1.00 e. The SMILES string of the molecule is Cc1c(OCC2COC(C)(C)OC2)ccnc1CS(=O)c1nc2c(C)cccc2[nH]1.[H-].[Na+]. The van der Waals surface area contributed by atoms with Crippen molar-refractivity contribution in [2.45, 2.75) is 44.4 Å². The fraction of sp³-hybridized carbons (Fsp3) is 0.455. The van der Waals surface area contributed by atoms with Crippen molar-refractivity contribution in [2.24, 2.45) is 5.92 Å². The van der Waals surface area contributed by atoms with Crippen LogP contribution in [-0.4, -0.2) is 44.8 Å². The summed E-state index contributed by atoms with van der Waals surface area (Å²) in [6.07, 6.45) is 1.69. The quantitative estimate of drug-likeness (QED) is 0.555.